The summed E-state index contributed by atoms with van der Waals surface area (Å²) in [4.78, 5) is 20.8. The number of H-pyrrole nitrogens is 2. The van der Waals surface area contributed by atoms with Crippen LogP contribution in [0.4, 0.5) is 0 Å². The summed E-state index contributed by atoms with van der Waals surface area (Å²) in [5.74, 6) is 0.00606. The topological polar surface area (TPSA) is 48.6 Å². The molecule has 0 fully saturated rings. The van der Waals surface area contributed by atoms with E-state index in [0.717, 1.165) is 42.6 Å². The van der Waals surface area contributed by atoms with Crippen molar-refractivity contribution in [1.29, 1.82) is 0 Å². The first-order valence-electron chi connectivity index (χ1n) is 12.7. The lowest BCUT2D eigenvalue weighted by Crippen LogP contribution is -2.01. The number of carbonyl (C=O) groups excluding carboxylic acids is 1. The highest BCUT2D eigenvalue weighted by Crippen LogP contribution is 2.39. The van der Waals surface area contributed by atoms with E-state index >= 15 is 0 Å². The molecule has 0 saturated heterocycles. The van der Waals surface area contributed by atoms with Gasteiger partial charge >= 0.3 is 0 Å². The SMILES string of the molecule is O=C(C=C(c1cc2c([nH]1)-c1ccccc1CC2)c1cc2c([nH]1)-c1ccccc1CC2)c1ccccc1. The molecule has 36 heavy (non-hydrogen) atoms. The maximum absolute atomic E-state index is 13.4. The van der Waals surface area contributed by atoms with E-state index in [1.807, 2.05) is 30.3 Å². The molecule has 0 aliphatic heterocycles. The normalized spacial score (nSPS) is 13.2. The molecular weight excluding hydrogens is 440 g/mol. The molecule has 0 radical (unpaired) electrons. The van der Waals surface area contributed by atoms with Crippen LogP contribution in [0.3, 0.4) is 0 Å². The molecule has 7 rings (SSSR count). The van der Waals surface area contributed by atoms with Crippen molar-refractivity contribution in [2.75, 3.05) is 0 Å². The maximum atomic E-state index is 13.4. The number of nitrogens with one attached hydrogen (secondary N) is 2. The fraction of sp³-hybridized carbons (Fsp3) is 0.121. The third-order valence-corrected chi connectivity index (χ3v) is 7.61. The molecule has 3 nitrogen and oxygen atoms in total. The molecule has 3 aromatic carbocycles. The van der Waals surface area contributed by atoms with Crippen LogP contribution in [0, 0.1) is 0 Å². The summed E-state index contributed by atoms with van der Waals surface area (Å²) in [5.41, 5.74) is 13.8. The highest BCUT2D eigenvalue weighted by atomic mass is 16.1. The van der Waals surface area contributed by atoms with E-state index in [1.165, 1.54) is 44.8 Å². The zero-order valence-electron chi connectivity index (χ0n) is 20.0. The highest BCUT2D eigenvalue weighted by molar-refractivity contribution is 6.10. The molecule has 174 valence electrons. The molecule has 2 aromatic heterocycles. The van der Waals surface area contributed by atoms with E-state index < -0.39 is 0 Å². The van der Waals surface area contributed by atoms with E-state index in [1.54, 1.807) is 6.08 Å². The Morgan fingerprint density at radius 1 is 0.583 bits per heavy atom. The summed E-state index contributed by atoms with van der Waals surface area (Å²) < 4.78 is 0. The summed E-state index contributed by atoms with van der Waals surface area (Å²) >= 11 is 0. The first-order valence-corrected chi connectivity index (χ1v) is 12.7. The first-order chi connectivity index (χ1) is 17.7. The van der Waals surface area contributed by atoms with E-state index in [0.29, 0.717) is 5.56 Å². The molecule has 2 heterocycles. The quantitative estimate of drug-likeness (QED) is 0.214. The molecule has 0 spiro atoms. The Labute approximate surface area is 210 Å². The van der Waals surface area contributed by atoms with Gasteiger partial charge in [-0.2, -0.15) is 0 Å². The third kappa shape index (κ3) is 3.47. The van der Waals surface area contributed by atoms with Crippen LogP contribution in [-0.4, -0.2) is 15.8 Å². The van der Waals surface area contributed by atoms with Crippen LogP contribution in [-0.2, 0) is 25.7 Å². The van der Waals surface area contributed by atoms with Crippen LogP contribution in [0.5, 0.6) is 0 Å². The average Bonchev–Trinajstić information content (AvgIpc) is 3.57. The van der Waals surface area contributed by atoms with Crippen LogP contribution in [0.2, 0.25) is 0 Å². The van der Waals surface area contributed by atoms with Crippen LogP contribution < -0.4 is 0 Å². The Bertz CT molecular complexity index is 1550. The smallest absolute Gasteiger partial charge is 0.186 e. The van der Waals surface area contributed by atoms with Crippen molar-refractivity contribution in [3.63, 3.8) is 0 Å². The van der Waals surface area contributed by atoms with Crippen LogP contribution >= 0.6 is 0 Å². The highest BCUT2D eigenvalue weighted by Gasteiger charge is 2.24. The number of hydrogen-bond donors (Lipinski definition) is 2. The molecule has 2 N–H and O–H groups in total. The zero-order chi connectivity index (χ0) is 24.1. The second-order valence-electron chi connectivity index (χ2n) is 9.77. The Hall–Kier alpha value is -4.37. The average molecular weight is 467 g/mol. The van der Waals surface area contributed by atoms with Crippen LogP contribution in [0.25, 0.3) is 28.1 Å². The van der Waals surface area contributed by atoms with Crippen molar-refractivity contribution in [2.24, 2.45) is 0 Å². The first kappa shape index (κ1) is 21.0. The minimum Gasteiger partial charge on any atom is -0.354 e. The number of hydrogen-bond acceptors (Lipinski definition) is 1. The fourth-order valence-electron chi connectivity index (χ4n) is 5.78. The number of fused-ring (bicyclic) bond motifs is 6. The number of aromatic nitrogens is 2. The fourth-order valence-corrected chi connectivity index (χ4v) is 5.78. The van der Waals surface area contributed by atoms with E-state index in [4.69, 9.17) is 0 Å². The number of allylic oxidation sites excluding steroid dienone is 1. The standard InChI is InChI=1S/C33H26N2O/c36-31(23-10-2-1-3-11-23)20-28(29-18-24-16-14-21-8-4-6-12-26(21)32(24)34-29)30-19-25-17-15-22-9-5-7-13-27(22)33(25)35-30/h1-13,18-20,34-35H,14-17H2. The molecular formula is C33H26N2O. The van der Waals surface area contributed by atoms with Crippen molar-refractivity contribution < 1.29 is 4.79 Å². The molecule has 2 aliphatic carbocycles. The summed E-state index contributed by atoms with van der Waals surface area (Å²) in [5, 5.41) is 0. The van der Waals surface area contributed by atoms with Crippen LogP contribution in [0.1, 0.15) is 44.0 Å². The van der Waals surface area contributed by atoms with Gasteiger partial charge in [0.15, 0.2) is 5.78 Å². The second-order valence-corrected chi connectivity index (χ2v) is 9.77. The number of rotatable bonds is 4. The predicted molar refractivity (Wildman–Crippen MR) is 145 cm³/mol. The van der Waals surface area contributed by atoms with Gasteiger partial charge < -0.3 is 9.97 Å². The number of carbonyl (C=O) groups is 1. The molecule has 5 aromatic rings. The van der Waals surface area contributed by atoms with Crippen molar-refractivity contribution in [3.05, 3.63) is 136 Å². The van der Waals surface area contributed by atoms with E-state index in [-0.39, 0.29) is 5.78 Å². The lowest BCUT2D eigenvalue weighted by Gasteiger charge is -2.15. The minimum absolute atomic E-state index is 0.00606. The summed E-state index contributed by atoms with van der Waals surface area (Å²) in [6, 6.07) is 31.2. The van der Waals surface area contributed by atoms with Gasteiger partial charge in [0.1, 0.15) is 0 Å². The molecule has 0 bridgehead atoms. The largest absolute Gasteiger partial charge is 0.354 e. The monoisotopic (exact) mass is 466 g/mol. The van der Waals surface area contributed by atoms with Gasteiger partial charge in [-0.05, 0) is 66.1 Å². The van der Waals surface area contributed by atoms with Gasteiger partial charge in [-0.3, -0.25) is 4.79 Å². The molecule has 0 amide bonds. The van der Waals surface area contributed by atoms with Gasteiger partial charge in [0.2, 0.25) is 0 Å². The molecule has 2 aliphatic rings. The van der Waals surface area contributed by atoms with E-state index in [9.17, 15) is 4.79 Å². The Morgan fingerprint density at radius 2 is 1.06 bits per heavy atom. The van der Waals surface area contributed by atoms with Crippen molar-refractivity contribution in [1.82, 2.24) is 9.97 Å². The van der Waals surface area contributed by atoms with Crippen molar-refractivity contribution in [3.8, 4) is 22.5 Å². The molecule has 3 heteroatoms. The number of aryl methyl sites for hydroxylation is 4. The molecule has 0 atom stereocenters. The summed E-state index contributed by atoms with van der Waals surface area (Å²) in [6.45, 7) is 0. The van der Waals surface area contributed by atoms with Gasteiger partial charge in [-0.25, -0.2) is 0 Å². The van der Waals surface area contributed by atoms with Gasteiger partial charge in [0.05, 0.1) is 0 Å². The lowest BCUT2D eigenvalue weighted by atomic mass is 9.90. The number of ketones is 1. The zero-order valence-corrected chi connectivity index (χ0v) is 20.0. The Kier molecular flexibility index (Phi) is 4.88. The van der Waals surface area contributed by atoms with E-state index in [2.05, 4.69) is 70.6 Å². The van der Waals surface area contributed by atoms with Gasteiger partial charge in [-0.15, -0.1) is 0 Å². The maximum Gasteiger partial charge on any atom is 0.186 e. The van der Waals surface area contributed by atoms with Crippen molar-refractivity contribution >= 4 is 11.4 Å². The minimum atomic E-state index is 0.00606. The Balaban J connectivity index is 1.38. The Morgan fingerprint density at radius 3 is 1.61 bits per heavy atom. The van der Waals surface area contributed by atoms with Crippen LogP contribution in [0.15, 0.2) is 97.1 Å². The number of aromatic amines is 2. The summed E-state index contributed by atoms with van der Waals surface area (Å²) in [7, 11) is 0. The number of benzene rings is 3. The van der Waals surface area contributed by atoms with Gasteiger partial charge in [0, 0.05) is 45.0 Å². The predicted octanol–water partition coefficient (Wildman–Crippen LogP) is 7.19. The van der Waals surface area contributed by atoms with Gasteiger partial charge in [-0.1, -0.05) is 78.9 Å². The molecule has 0 saturated carbocycles. The lowest BCUT2D eigenvalue weighted by molar-refractivity contribution is 0.104. The second kappa shape index (κ2) is 8.39. The third-order valence-electron chi connectivity index (χ3n) is 7.61. The summed E-state index contributed by atoms with van der Waals surface area (Å²) in [6.07, 6.45) is 5.86. The van der Waals surface area contributed by atoms with Gasteiger partial charge in [0.25, 0.3) is 0 Å². The van der Waals surface area contributed by atoms with Crippen molar-refractivity contribution in [2.45, 2.75) is 25.7 Å². The molecule has 0 unspecified atom stereocenters.